The molecule has 1 fully saturated rings. The second-order valence-corrected chi connectivity index (χ2v) is 4.94. The van der Waals surface area contributed by atoms with Crippen molar-refractivity contribution in [2.24, 2.45) is 0 Å². The van der Waals surface area contributed by atoms with Crippen molar-refractivity contribution < 1.29 is 4.42 Å². The topological polar surface area (TPSA) is 28.4 Å². The smallest absolute Gasteiger partial charge is 0.0950 e. The lowest BCUT2D eigenvalue weighted by Gasteiger charge is -2.40. The second-order valence-electron chi connectivity index (χ2n) is 4.94. The molecule has 2 rings (SSSR count). The van der Waals surface area contributed by atoms with Gasteiger partial charge in [-0.1, -0.05) is 6.42 Å². The molecule has 0 spiro atoms. The molecule has 1 N–H and O–H groups in total. The normalized spacial score (nSPS) is 29.2. The first-order valence-corrected chi connectivity index (χ1v) is 6.25. The predicted octanol–water partition coefficient (Wildman–Crippen LogP) is 3.11. The number of rotatable bonds is 3. The van der Waals surface area contributed by atoms with Crippen molar-refractivity contribution in [3.05, 3.63) is 24.2 Å². The first-order chi connectivity index (χ1) is 7.68. The van der Waals surface area contributed by atoms with E-state index < -0.39 is 0 Å². The van der Waals surface area contributed by atoms with Crippen molar-refractivity contribution >= 4 is 0 Å². The first-order valence-electron chi connectivity index (χ1n) is 6.25. The van der Waals surface area contributed by atoms with Gasteiger partial charge in [-0.2, -0.15) is 0 Å². The van der Waals surface area contributed by atoms with E-state index in [4.69, 9.17) is 4.42 Å². The molecule has 0 saturated carbocycles. The summed E-state index contributed by atoms with van der Waals surface area (Å²) in [5.74, 6) is 0. The van der Waals surface area contributed by atoms with E-state index in [0.717, 1.165) is 0 Å². The Labute approximate surface area is 97.8 Å². The Hall–Kier alpha value is -0.800. The molecule has 0 aromatic carbocycles. The van der Waals surface area contributed by atoms with Crippen LogP contribution >= 0.6 is 0 Å². The fourth-order valence-electron chi connectivity index (χ4n) is 2.50. The molecule has 0 amide bonds. The average Bonchev–Trinajstić information content (AvgIpc) is 2.76. The van der Waals surface area contributed by atoms with Crippen LogP contribution in [0.4, 0.5) is 0 Å². The van der Waals surface area contributed by atoms with Gasteiger partial charge in [0.15, 0.2) is 0 Å². The Balaban J connectivity index is 1.97. The van der Waals surface area contributed by atoms with E-state index in [-0.39, 0.29) is 0 Å². The summed E-state index contributed by atoms with van der Waals surface area (Å²) in [7, 11) is 0. The lowest BCUT2D eigenvalue weighted by Crippen LogP contribution is -2.52. The molecule has 0 aliphatic carbocycles. The number of nitrogens with zero attached hydrogens (tertiary/aromatic N) is 1. The van der Waals surface area contributed by atoms with Crippen LogP contribution in [-0.4, -0.2) is 17.1 Å². The van der Waals surface area contributed by atoms with Gasteiger partial charge in [-0.3, -0.25) is 0 Å². The van der Waals surface area contributed by atoms with E-state index >= 15 is 0 Å². The van der Waals surface area contributed by atoms with Crippen molar-refractivity contribution in [2.45, 2.75) is 58.2 Å². The van der Waals surface area contributed by atoms with E-state index in [1.165, 1.54) is 24.8 Å². The molecule has 16 heavy (non-hydrogen) atoms. The van der Waals surface area contributed by atoms with Gasteiger partial charge in [0.05, 0.1) is 12.5 Å². The van der Waals surface area contributed by atoms with Gasteiger partial charge in [0, 0.05) is 23.7 Å². The van der Waals surface area contributed by atoms with Crippen LogP contribution in [0.3, 0.4) is 0 Å². The molecule has 3 atom stereocenters. The minimum absolute atomic E-state index is 0.321. The molecule has 1 saturated heterocycles. The standard InChI is InChI=1S/C13H22N2O/c1-10-5-4-6-11(2)15(10)14-12(3)13-7-8-16-9-13/h7-12,14H,4-6H2,1-3H3. The van der Waals surface area contributed by atoms with E-state index in [0.29, 0.717) is 18.1 Å². The number of furan rings is 1. The van der Waals surface area contributed by atoms with Crippen molar-refractivity contribution in [2.75, 3.05) is 0 Å². The molecule has 1 aromatic heterocycles. The quantitative estimate of drug-likeness (QED) is 0.851. The average molecular weight is 222 g/mol. The molecule has 0 bridgehead atoms. The van der Waals surface area contributed by atoms with Crippen LogP contribution in [0, 0.1) is 0 Å². The summed E-state index contributed by atoms with van der Waals surface area (Å²) in [4.78, 5) is 0. The van der Waals surface area contributed by atoms with Crippen LogP contribution in [0.5, 0.6) is 0 Å². The summed E-state index contributed by atoms with van der Waals surface area (Å²) in [5.41, 5.74) is 4.81. The fraction of sp³-hybridized carbons (Fsp3) is 0.692. The highest BCUT2D eigenvalue weighted by Gasteiger charge is 2.26. The number of hydrazine groups is 1. The Morgan fingerprint density at radius 3 is 2.62 bits per heavy atom. The molecular formula is C13H22N2O. The van der Waals surface area contributed by atoms with E-state index in [2.05, 4.69) is 31.2 Å². The summed E-state index contributed by atoms with van der Waals surface area (Å²) >= 11 is 0. The van der Waals surface area contributed by atoms with Gasteiger partial charge in [-0.25, -0.2) is 10.4 Å². The molecule has 3 nitrogen and oxygen atoms in total. The maximum Gasteiger partial charge on any atom is 0.0950 e. The van der Waals surface area contributed by atoms with Gasteiger partial charge >= 0.3 is 0 Å². The molecule has 3 unspecified atom stereocenters. The molecule has 3 heteroatoms. The first kappa shape index (κ1) is 11.7. The largest absolute Gasteiger partial charge is 0.472 e. The van der Waals surface area contributed by atoms with Gasteiger partial charge in [0.2, 0.25) is 0 Å². The molecule has 0 radical (unpaired) electrons. The Bertz CT molecular complexity index is 300. The lowest BCUT2D eigenvalue weighted by atomic mass is 9.99. The zero-order valence-corrected chi connectivity index (χ0v) is 10.4. The number of nitrogens with one attached hydrogen (secondary N) is 1. The molecule has 2 heterocycles. The summed E-state index contributed by atoms with van der Waals surface area (Å²) in [6.45, 7) is 6.77. The summed E-state index contributed by atoms with van der Waals surface area (Å²) in [5, 5.41) is 2.40. The third-order valence-electron chi connectivity index (χ3n) is 3.58. The molecule has 1 aliphatic heterocycles. The zero-order valence-electron chi connectivity index (χ0n) is 10.4. The molecular weight excluding hydrogens is 200 g/mol. The third-order valence-corrected chi connectivity index (χ3v) is 3.58. The van der Waals surface area contributed by atoms with Gasteiger partial charge in [-0.05, 0) is 39.7 Å². The van der Waals surface area contributed by atoms with Crippen LogP contribution < -0.4 is 5.43 Å². The number of hydrogen-bond acceptors (Lipinski definition) is 3. The maximum absolute atomic E-state index is 5.12. The summed E-state index contributed by atoms with van der Waals surface area (Å²) in [6, 6.07) is 3.59. The van der Waals surface area contributed by atoms with Crippen LogP contribution in [0.15, 0.2) is 23.0 Å². The van der Waals surface area contributed by atoms with Crippen molar-refractivity contribution in [3.8, 4) is 0 Å². The van der Waals surface area contributed by atoms with E-state index in [1.54, 1.807) is 6.26 Å². The second kappa shape index (κ2) is 5.02. The minimum Gasteiger partial charge on any atom is -0.472 e. The molecule has 90 valence electrons. The highest BCUT2D eigenvalue weighted by molar-refractivity contribution is 5.10. The van der Waals surface area contributed by atoms with Gasteiger partial charge in [0.25, 0.3) is 0 Å². The Morgan fingerprint density at radius 2 is 2.06 bits per heavy atom. The monoisotopic (exact) mass is 222 g/mol. The Kier molecular flexibility index (Phi) is 3.66. The number of hydrogen-bond donors (Lipinski definition) is 1. The van der Waals surface area contributed by atoms with Gasteiger partial charge < -0.3 is 4.42 Å². The van der Waals surface area contributed by atoms with Crippen LogP contribution in [-0.2, 0) is 0 Å². The predicted molar refractivity (Wildman–Crippen MR) is 64.9 cm³/mol. The van der Waals surface area contributed by atoms with Crippen molar-refractivity contribution in [3.63, 3.8) is 0 Å². The highest BCUT2D eigenvalue weighted by Crippen LogP contribution is 2.23. The zero-order chi connectivity index (χ0) is 11.5. The van der Waals surface area contributed by atoms with E-state index in [1.807, 2.05) is 12.3 Å². The van der Waals surface area contributed by atoms with Crippen molar-refractivity contribution in [1.82, 2.24) is 10.4 Å². The van der Waals surface area contributed by atoms with Gasteiger partial charge in [-0.15, -0.1) is 0 Å². The van der Waals surface area contributed by atoms with Crippen LogP contribution in [0.2, 0.25) is 0 Å². The van der Waals surface area contributed by atoms with Crippen molar-refractivity contribution in [1.29, 1.82) is 0 Å². The summed E-state index contributed by atoms with van der Waals surface area (Å²) in [6.07, 6.45) is 7.47. The van der Waals surface area contributed by atoms with Gasteiger partial charge in [0.1, 0.15) is 0 Å². The number of piperidine rings is 1. The Morgan fingerprint density at radius 1 is 1.38 bits per heavy atom. The SMILES string of the molecule is CC(NN1C(C)CCCC1C)c1ccoc1. The fourth-order valence-corrected chi connectivity index (χ4v) is 2.50. The lowest BCUT2D eigenvalue weighted by molar-refractivity contribution is 0.0319. The third kappa shape index (κ3) is 2.47. The minimum atomic E-state index is 0.321. The van der Waals surface area contributed by atoms with Crippen LogP contribution in [0.1, 0.15) is 51.6 Å². The van der Waals surface area contributed by atoms with Crippen LogP contribution in [0.25, 0.3) is 0 Å². The maximum atomic E-state index is 5.12. The molecule has 1 aromatic rings. The van der Waals surface area contributed by atoms with E-state index in [9.17, 15) is 0 Å². The highest BCUT2D eigenvalue weighted by atomic mass is 16.3. The summed E-state index contributed by atoms with van der Waals surface area (Å²) < 4.78 is 5.12. The molecule has 1 aliphatic rings.